The molecule has 0 heterocycles. The van der Waals surface area contributed by atoms with Gasteiger partial charge in [0.05, 0.1) is 12.5 Å². The molecule has 4 nitrogen and oxygen atoms in total. The van der Waals surface area contributed by atoms with E-state index in [1.807, 2.05) is 0 Å². The number of ether oxygens (including phenoxy) is 1. The van der Waals surface area contributed by atoms with Crippen molar-refractivity contribution in [3.8, 4) is 0 Å². The van der Waals surface area contributed by atoms with Gasteiger partial charge in [0.25, 0.3) is 0 Å². The number of carbonyl (C=O) groups is 2. The number of rotatable bonds is 4. The lowest BCUT2D eigenvalue weighted by atomic mass is 9.80. The van der Waals surface area contributed by atoms with Gasteiger partial charge in [-0.15, -0.1) is 11.6 Å². The van der Waals surface area contributed by atoms with Crippen LogP contribution < -0.4 is 5.32 Å². The van der Waals surface area contributed by atoms with Gasteiger partial charge >= 0.3 is 5.97 Å². The van der Waals surface area contributed by atoms with E-state index < -0.39 is 11.0 Å². The summed E-state index contributed by atoms with van der Waals surface area (Å²) in [6.45, 7) is 3.53. The van der Waals surface area contributed by atoms with Crippen molar-refractivity contribution in [2.24, 2.45) is 5.41 Å². The number of halogens is 1. The van der Waals surface area contributed by atoms with Gasteiger partial charge in [-0.2, -0.15) is 0 Å². The fourth-order valence-corrected chi connectivity index (χ4v) is 2.30. The zero-order valence-corrected chi connectivity index (χ0v) is 12.1. The minimum atomic E-state index is -0.854. The lowest BCUT2D eigenvalue weighted by Crippen LogP contribution is -2.59. The van der Waals surface area contributed by atoms with Gasteiger partial charge in [-0.25, -0.2) is 4.79 Å². The van der Waals surface area contributed by atoms with Crippen molar-refractivity contribution < 1.29 is 14.3 Å². The Morgan fingerprint density at radius 3 is 2.28 bits per heavy atom. The van der Waals surface area contributed by atoms with E-state index in [1.54, 1.807) is 13.8 Å². The maximum absolute atomic E-state index is 12.2. The number of hydrogen-bond acceptors (Lipinski definition) is 3. The number of nitrogens with one attached hydrogen (secondary N) is 1. The molecule has 0 aliphatic heterocycles. The van der Waals surface area contributed by atoms with Gasteiger partial charge in [-0.3, -0.25) is 4.79 Å². The smallest absolute Gasteiger partial charge is 0.331 e. The Kier molecular flexibility index (Phi) is 5.02. The summed E-state index contributed by atoms with van der Waals surface area (Å²) in [6, 6.07) is 0. The molecule has 0 atom stereocenters. The summed E-state index contributed by atoms with van der Waals surface area (Å²) in [4.78, 5) is 24.2. The molecule has 1 fully saturated rings. The molecule has 1 N–H and O–H groups in total. The molecule has 5 heteroatoms. The Labute approximate surface area is 113 Å². The van der Waals surface area contributed by atoms with Gasteiger partial charge in [0.2, 0.25) is 5.91 Å². The number of esters is 1. The van der Waals surface area contributed by atoms with E-state index in [9.17, 15) is 9.59 Å². The van der Waals surface area contributed by atoms with Crippen LogP contribution in [0, 0.1) is 5.41 Å². The Morgan fingerprint density at radius 1 is 1.28 bits per heavy atom. The second-order valence-electron chi connectivity index (χ2n) is 5.61. The van der Waals surface area contributed by atoms with Crippen LogP contribution in [0.25, 0.3) is 0 Å². The first kappa shape index (κ1) is 15.3. The summed E-state index contributed by atoms with van der Waals surface area (Å²) in [5.74, 6) is -0.318. The molecular weight excluding hydrogens is 254 g/mol. The summed E-state index contributed by atoms with van der Waals surface area (Å²) in [6.07, 6.45) is 4.23. The molecule has 0 radical (unpaired) electrons. The lowest BCUT2D eigenvalue weighted by molar-refractivity contribution is -0.153. The molecular formula is C13H22ClNO3. The highest BCUT2D eigenvalue weighted by atomic mass is 35.5. The van der Waals surface area contributed by atoms with E-state index in [0.717, 1.165) is 19.3 Å². The van der Waals surface area contributed by atoms with E-state index >= 15 is 0 Å². The van der Waals surface area contributed by atoms with Crippen LogP contribution in [0.5, 0.6) is 0 Å². The Morgan fingerprint density at radius 2 is 1.83 bits per heavy atom. The van der Waals surface area contributed by atoms with E-state index in [1.165, 1.54) is 7.11 Å². The first-order chi connectivity index (χ1) is 8.38. The molecule has 104 valence electrons. The van der Waals surface area contributed by atoms with E-state index in [0.29, 0.717) is 12.8 Å². The number of hydrogen-bond donors (Lipinski definition) is 1. The molecule has 1 aliphatic rings. The van der Waals surface area contributed by atoms with Crippen LogP contribution in [-0.4, -0.2) is 30.4 Å². The lowest BCUT2D eigenvalue weighted by Gasteiger charge is -2.37. The Hall–Kier alpha value is -0.770. The molecule has 18 heavy (non-hydrogen) atoms. The average Bonchev–Trinajstić information content (AvgIpc) is 2.38. The normalized spacial score (nSPS) is 19.1. The number of amides is 1. The SMILES string of the molecule is COC(=O)C1(NC(=O)C(C)(C)CCl)CCCCC1. The molecule has 1 amide bonds. The van der Waals surface area contributed by atoms with Crippen LogP contribution in [0.2, 0.25) is 0 Å². The molecule has 0 unspecified atom stereocenters. The van der Waals surface area contributed by atoms with Gasteiger partial charge in [-0.05, 0) is 26.7 Å². The zero-order valence-electron chi connectivity index (χ0n) is 11.3. The number of alkyl halides is 1. The summed E-state index contributed by atoms with van der Waals surface area (Å²) in [7, 11) is 1.36. The van der Waals surface area contributed by atoms with Gasteiger partial charge in [0.15, 0.2) is 0 Å². The zero-order chi connectivity index (χ0) is 13.8. The first-order valence-electron chi connectivity index (χ1n) is 6.35. The van der Waals surface area contributed by atoms with Gasteiger partial charge < -0.3 is 10.1 Å². The fraction of sp³-hybridized carbons (Fsp3) is 0.846. The molecule has 1 aliphatic carbocycles. The molecule has 0 bridgehead atoms. The van der Waals surface area contributed by atoms with Crippen molar-refractivity contribution >= 4 is 23.5 Å². The molecule has 0 aromatic carbocycles. The van der Waals surface area contributed by atoms with Crippen molar-refractivity contribution in [2.45, 2.75) is 51.5 Å². The van der Waals surface area contributed by atoms with Crippen LogP contribution in [0.3, 0.4) is 0 Å². The number of methoxy groups -OCH3 is 1. The molecule has 1 saturated carbocycles. The van der Waals surface area contributed by atoms with Crippen LogP contribution in [0.1, 0.15) is 46.0 Å². The van der Waals surface area contributed by atoms with E-state index in [2.05, 4.69) is 5.32 Å². The van der Waals surface area contributed by atoms with Crippen LogP contribution in [0.4, 0.5) is 0 Å². The summed E-state index contributed by atoms with van der Waals surface area (Å²) >= 11 is 5.79. The highest BCUT2D eigenvalue weighted by Gasteiger charge is 2.44. The third-order valence-electron chi connectivity index (χ3n) is 3.58. The van der Waals surface area contributed by atoms with Crippen molar-refractivity contribution in [1.29, 1.82) is 0 Å². The topological polar surface area (TPSA) is 55.4 Å². The number of carbonyl (C=O) groups excluding carboxylic acids is 2. The van der Waals surface area contributed by atoms with E-state index in [-0.39, 0.29) is 17.8 Å². The predicted molar refractivity (Wildman–Crippen MR) is 70.5 cm³/mol. The molecule has 0 aromatic rings. The van der Waals surface area contributed by atoms with Gasteiger partial charge in [0.1, 0.15) is 5.54 Å². The van der Waals surface area contributed by atoms with Gasteiger partial charge in [0, 0.05) is 5.88 Å². The Balaban J connectivity index is 2.86. The monoisotopic (exact) mass is 275 g/mol. The summed E-state index contributed by atoms with van der Waals surface area (Å²) < 4.78 is 4.85. The largest absolute Gasteiger partial charge is 0.467 e. The quantitative estimate of drug-likeness (QED) is 0.632. The van der Waals surface area contributed by atoms with E-state index in [4.69, 9.17) is 16.3 Å². The van der Waals surface area contributed by atoms with Crippen LogP contribution in [-0.2, 0) is 14.3 Å². The van der Waals surface area contributed by atoms with Crippen molar-refractivity contribution in [3.63, 3.8) is 0 Å². The standard InChI is InChI=1S/C13H22ClNO3/c1-12(2,9-14)10(16)15-13(11(17)18-3)7-5-4-6-8-13/h4-9H2,1-3H3,(H,15,16). The second kappa shape index (κ2) is 5.91. The predicted octanol–water partition coefficient (Wildman–Crippen LogP) is 2.24. The highest BCUT2D eigenvalue weighted by Crippen LogP contribution is 2.31. The minimum Gasteiger partial charge on any atom is -0.467 e. The minimum absolute atomic E-state index is 0.190. The highest BCUT2D eigenvalue weighted by molar-refractivity contribution is 6.19. The Bertz CT molecular complexity index is 322. The summed E-state index contributed by atoms with van der Waals surface area (Å²) in [5.41, 5.74) is -1.53. The summed E-state index contributed by atoms with van der Waals surface area (Å²) in [5, 5.41) is 2.88. The fourth-order valence-electron chi connectivity index (χ4n) is 2.18. The van der Waals surface area contributed by atoms with Crippen LogP contribution in [0.15, 0.2) is 0 Å². The van der Waals surface area contributed by atoms with Gasteiger partial charge in [-0.1, -0.05) is 19.3 Å². The maximum atomic E-state index is 12.2. The van der Waals surface area contributed by atoms with Crippen LogP contribution >= 0.6 is 11.6 Å². The van der Waals surface area contributed by atoms with Crippen molar-refractivity contribution in [2.75, 3.05) is 13.0 Å². The van der Waals surface area contributed by atoms with Crippen molar-refractivity contribution in [1.82, 2.24) is 5.32 Å². The molecule has 0 aromatic heterocycles. The molecule has 0 saturated heterocycles. The third-order valence-corrected chi connectivity index (χ3v) is 4.25. The maximum Gasteiger partial charge on any atom is 0.331 e. The third kappa shape index (κ3) is 3.16. The average molecular weight is 276 g/mol. The second-order valence-corrected chi connectivity index (χ2v) is 5.87. The molecule has 1 rings (SSSR count). The molecule has 0 spiro atoms. The first-order valence-corrected chi connectivity index (χ1v) is 6.88. The van der Waals surface area contributed by atoms with Crippen molar-refractivity contribution in [3.05, 3.63) is 0 Å².